The average Bonchev–Trinajstić information content (AvgIpc) is 3.59. The van der Waals surface area contributed by atoms with Gasteiger partial charge in [-0.05, 0) is 45.5 Å². The molecule has 43 heavy (non-hydrogen) atoms. The van der Waals surface area contributed by atoms with Crippen molar-refractivity contribution in [3.05, 3.63) is 244 Å². The van der Waals surface area contributed by atoms with Gasteiger partial charge in [0.15, 0.2) is 0 Å². The predicted molar refractivity (Wildman–Crippen MR) is 178 cm³/mol. The van der Waals surface area contributed by atoms with Crippen LogP contribution in [0.5, 0.6) is 0 Å². The Morgan fingerprint density at radius 2 is 0.442 bits per heavy atom. The molecule has 0 fully saturated rings. The highest BCUT2D eigenvalue weighted by Gasteiger charge is 2.44. The third kappa shape index (κ3) is 4.41. The smallest absolute Gasteiger partial charge is 0.0774 e. The quantitative estimate of drug-likeness (QED) is 0.131. The van der Waals surface area contributed by atoms with Crippen molar-refractivity contribution in [3.8, 4) is 0 Å². The zero-order valence-electron chi connectivity index (χ0n) is 24.0. The predicted octanol–water partition coefficient (Wildman–Crippen LogP) is 10.1. The lowest BCUT2D eigenvalue weighted by Gasteiger charge is -2.37. The van der Waals surface area contributed by atoms with E-state index in [0.29, 0.717) is 0 Å². The second-order valence-corrected chi connectivity index (χ2v) is 11.0. The van der Waals surface area contributed by atoms with Gasteiger partial charge in [0.05, 0.1) is 10.8 Å². The molecule has 7 rings (SSSR count). The van der Waals surface area contributed by atoms with E-state index < -0.39 is 10.8 Å². The zero-order valence-corrected chi connectivity index (χ0v) is 24.0. The van der Waals surface area contributed by atoms with Gasteiger partial charge in [0, 0.05) is 11.1 Å². The van der Waals surface area contributed by atoms with Crippen LogP contribution in [0, 0.1) is 0 Å². The Morgan fingerprint density at radius 1 is 0.256 bits per heavy atom. The summed E-state index contributed by atoms with van der Waals surface area (Å²) < 4.78 is 0. The van der Waals surface area contributed by atoms with E-state index in [-0.39, 0.29) is 0 Å². The van der Waals surface area contributed by atoms with E-state index >= 15 is 0 Å². The number of allylic oxidation sites excluding steroid dienone is 3. The molecule has 204 valence electrons. The lowest BCUT2D eigenvalue weighted by atomic mass is 9.64. The molecule has 1 aliphatic rings. The summed E-state index contributed by atoms with van der Waals surface area (Å²) in [5, 5.41) is 0. The van der Waals surface area contributed by atoms with Crippen molar-refractivity contribution in [2.75, 3.05) is 0 Å². The second-order valence-electron chi connectivity index (χ2n) is 11.0. The highest BCUT2D eigenvalue weighted by molar-refractivity contribution is 5.68. The highest BCUT2D eigenvalue weighted by Crippen LogP contribution is 2.51. The van der Waals surface area contributed by atoms with E-state index in [0.717, 1.165) is 11.1 Å². The third-order valence-corrected chi connectivity index (χ3v) is 8.73. The normalized spacial score (nSPS) is 12.9. The van der Waals surface area contributed by atoms with E-state index in [1.807, 2.05) is 0 Å². The first kappa shape index (κ1) is 26.5. The van der Waals surface area contributed by atoms with Gasteiger partial charge >= 0.3 is 0 Å². The molecule has 0 bridgehead atoms. The van der Waals surface area contributed by atoms with Crippen LogP contribution in [0.2, 0.25) is 0 Å². The molecule has 0 nitrogen and oxygen atoms in total. The van der Waals surface area contributed by atoms with Crippen LogP contribution in [0.4, 0.5) is 0 Å². The minimum absolute atomic E-state index is 0.558. The Balaban J connectivity index is 1.63. The Hall–Kier alpha value is -5.42. The van der Waals surface area contributed by atoms with E-state index in [9.17, 15) is 0 Å². The maximum absolute atomic E-state index is 4.09. The summed E-state index contributed by atoms with van der Waals surface area (Å²) in [5.41, 5.74) is 12.5. The lowest BCUT2D eigenvalue weighted by Crippen LogP contribution is -2.31. The van der Waals surface area contributed by atoms with Gasteiger partial charge in [-0.1, -0.05) is 182 Å². The molecular weight excluding hydrogens is 516 g/mol. The summed E-state index contributed by atoms with van der Waals surface area (Å²) in [6.45, 7) is 0. The van der Waals surface area contributed by atoms with Crippen LogP contribution in [-0.4, -0.2) is 0 Å². The van der Waals surface area contributed by atoms with Crippen molar-refractivity contribution < 1.29 is 0 Å². The molecule has 6 aromatic carbocycles. The summed E-state index contributed by atoms with van der Waals surface area (Å²) in [5.74, 6) is 0. The van der Waals surface area contributed by atoms with Gasteiger partial charge in [0.25, 0.3) is 0 Å². The largest absolute Gasteiger partial charge is 0.110 e. The van der Waals surface area contributed by atoms with Gasteiger partial charge in [-0.15, -0.1) is 5.73 Å². The van der Waals surface area contributed by atoms with Crippen LogP contribution in [0.1, 0.15) is 33.4 Å². The Bertz CT molecular complexity index is 1560. The second kappa shape index (κ2) is 11.5. The molecule has 0 amide bonds. The molecule has 0 heteroatoms. The van der Waals surface area contributed by atoms with Crippen molar-refractivity contribution in [2.24, 2.45) is 0 Å². The minimum atomic E-state index is -0.558. The summed E-state index contributed by atoms with van der Waals surface area (Å²) in [7, 11) is 0. The van der Waals surface area contributed by atoms with Crippen molar-refractivity contribution >= 4 is 0 Å². The minimum Gasteiger partial charge on any atom is -0.110 e. The Kier molecular flexibility index (Phi) is 7.05. The van der Waals surface area contributed by atoms with Crippen LogP contribution in [0.15, 0.2) is 211 Å². The fraction of sp³-hybridized carbons (Fsp3) is 0.0465. The Morgan fingerprint density at radius 3 is 0.628 bits per heavy atom. The molecule has 1 aliphatic carbocycles. The van der Waals surface area contributed by atoms with Crippen LogP contribution >= 0.6 is 0 Å². The van der Waals surface area contributed by atoms with Crippen molar-refractivity contribution in [3.63, 3.8) is 0 Å². The molecule has 0 saturated carbocycles. The fourth-order valence-corrected chi connectivity index (χ4v) is 6.89. The molecule has 0 atom stereocenters. The zero-order chi connectivity index (χ0) is 29.0. The summed E-state index contributed by atoms with van der Waals surface area (Å²) in [4.78, 5) is 0. The molecule has 0 aromatic heterocycles. The molecule has 0 aliphatic heterocycles. The van der Waals surface area contributed by atoms with Crippen molar-refractivity contribution in [2.45, 2.75) is 10.8 Å². The maximum atomic E-state index is 4.09. The molecular formula is C43H32. The van der Waals surface area contributed by atoms with Gasteiger partial charge < -0.3 is 0 Å². The summed E-state index contributed by atoms with van der Waals surface area (Å²) >= 11 is 0. The van der Waals surface area contributed by atoms with Gasteiger partial charge in [0.1, 0.15) is 0 Å². The molecule has 0 heterocycles. The van der Waals surface area contributed by atoms with E-state index in [1.54, 1.807) is 0 Å². The Labute approximate surface area is 254 Å². The van der Waals surface area contributed by atoms with E-state index in [2.05, 4.69) is 200 Å². The number of hydrogen-bond acceptors (Lipinski definition) is 0. The number of benzene rings is 6. The van der Waals surface area contributed by atoms with Crippen LogP contribution in [0.25, 0.3) is 0 Å². The van der Waals surface area contributed by atoms with Crippen LogP contribution in [0.3, 0.4) is 0 Å². The molecule has 0 saturated heterocycles. The van der Waals surface area contributed by atoms with Gasteiger partial charge in [-0.3, -0.25) is 0 Å². The van der Waals surface area contributed by atoms with Gasteiger partial charge in [-0.2, -0.15) is 0 Å². The first-order chi connectivity index (χ1) is 21.3. The number of rotatable bonds is 8. The highest BCUT2D eigenvalue weighted by atomic mass is 14.4. The van der Waals surface area contributed by atoms with Gasteiger partial charge in [0.2, 0.25) is 0 Å². The fourth-order valence-electron chi connectivity index (χ4n) is 6.89. The topological polar surface area (TPSA) is 0 Å². The number of hydrogen-bond donors (Lipinski definition) is 0. The SMILES string of the molecule is C1=C(C(c2ccccc2)(c2ccccc2)c2ccccc2)C=CC=1C(c1ccccc1)(c1ccccc1)c1ccccc1. The lowest BCUT2D eigenvalue weighted by molar-refractivity contribution is 0.739. The van der Waals surface area contributed by atoms with Crippen molar-refractivity contribution in [1.29, 1.82) is 0 Å². The van der Waals surface area contributed by atoms with E-state index in [4.69, 9.17) is 0 Å². The van der Waals surface area contributed by atoms with E-state index in [1.165, 1.54) is 33.4 Å². The maximum Gasteiger partial charge on any atom is 0.0774 e. The molecule has 0 N–H and O–H groups in total. The first-order valence-corrected chi connectivity index (χ1v) is 14.9. The average molecular weight is 549 g/mol. The molecule has 0 unspecified atom stereocenters. The standard InChI is InChI=1S/C43H32/c1-7-19-34(20-8-1)42(35-21-9-2-10-22-35,36-23-11-3-12-24-36)40-31-32-41(33-40)43(37-25-13-4-14-26-37,38-27-15-5-16-28-38)39-29-17-6-18-30-39/h1-32H. The third-order valence-electron chi connectivity index (χ3n) is 8.73. The summed E-state index contributed by atoms with van der Waals surface area (Å²) in [6, 6.07) is 65.2. The van der Waals surface area contributed by atoms with Crippen LogP contribution < -0.4 is 0 Å². The molecule has 6 aromatic rings. The van der Waals surface area contributed by atoms with Crippen LogP contribution in [-0.2, 0) is 10.8 Å². The summed E-state index contributed by atoms with van der Waals surface area (Å²) in [6.07, 6.45) is 4.60. The van der Waals surface area contributed by atoms with Crippen molar-refractivity contribution in [1.82, 2.24) is 0 Å². The van der Waals surface area contributed by atoms with Gasteiger partial charge in [-0.25, -0.2) is 0 Å². The first-order valence-electron chi connectivity index (χ1n) is 14.9. The molecule has 0 spiro atoms. The molecule has 0 radical (unpaired) electrons. The monoisotopic (exact) mass is 548 g/mol.